The molecule has 30 heavy (non-hydrogen) atoms. The van der Waals surface area contributed by atoms with E-state index in [1.807, 2.05) is 24.3 Å². The molecule has 4 nitrogen and oxygen atoms in total. The molecule has 4 aromatic rings. The molecule has 0 saturated carbocycles. The molecule has 7 heteroatoms. The van der Waals surface area contributed by atoms with Crippen molar-refractivity contribution in [2.75, 3.05) is 0 Å². The largest absolute Gasteiger partial charge is 0.507 e. The molecule has 0 aliphatic rings. The molecular formula is C23H15BrClFN2O2. The normalized spacial score (nSPS) is 10.8. The Hall–Kier alpha value is -2.96. The molecular weight excluding hydrogens is 471 g/mol. The van der Waals surface area contributed by atoms with Crippen LogP contribution in [0.5, 0.6) is 11.5 Å². The van der Waals surface area contributed by atoms with Gasteiger partial charge >= 0.3 is 0 Å². The molecule has 1 heterocycles. The molecule has 4 rings (SSSR count). The van der Waals surface area contributed by atoms with Crippen LogP contribution in [0.25, 0.3) is 22.4 Å². The van der Waals surface area contributed by atoms with E-state index < -0.39 is 5.82 Å². The highest BCUT2D eigenvalue weighted by Gasteiger charge is 2.14. The molecule has 0 saturated heterocycles. The molecule has 150 valence electrons. The van der Waals surface area contributed by atoms with Gasteiger partial charge in [0, 0.05) is 33.4 Å². The number of benzene rings is 3. The first-order valence-corrected chi connectivity index (χ1v) is 10.1. The highest BCUT2D eigenvalue weighted by Crippen LogP contribution is 2.37. The molecule has 0 aliphatic heterocycles. The van der Waals surface area contributed by atoms with Gasteiger partial charge in [0.1, 0.15) is 30.3 Å². The lowest BCUT2D eigenvalue weighted by Crippen LogP contribution is -1.99. The van der Waals surface area contributed by atoms with Crippen molar-refractivity contribution < 1.29 is 14.2 Å². The Kier molecular flexibility index (Phi) is 5.97. The zero-order chi connectivity index (χ0) is 21.1. The molecule has 0 aliphatic carbocycles. The number of aromatic hydroxyl groups is 1. The summed E-state index contributed by atoms with van der Waals surface area (Å²) in [5.74, 6) is -0.0672. The second-order valence-electron chi connectivity index (χ2n) is 6.46. The molecule has 0 radical (unpaired) electrons. The van der Waals surface area contributed by atoms with Gasteiger partial charge in [0.2, 0.25) is 0 Å². The summed E-state index contributed by atoms with van der Waals surface area (Å²) in [6.07, 6.45) is 3.14. The zero-order valence-electron chi connectivity index (χ0n) is 15.5. The highest BCUT2D eigenvalue weighted by molar-refractivity contribution is 9.10. The van der Waals surface area contributed by atoms with Crippen molar-refractivity contribution in [1.29, 1.82) is 0 Å². The van der Waals surface area contributed by atoms with E-state index in [4.69, 9.17) is 16.3 Å². The predicted octanol–water partition coefficient (Wildman–Crippen LogP) is 6.65. The van der Waals surface area contributed by atoms with Crippen LogP contribution in [0.15, 0.2) is 77.7 Å². The van der Waals surface area contributed by atoms with Crippen molar-refractivity contribution in [3.05, 3.63) is 94.1 Å². The number of halogens is 3. The maximum absolute atomic E-state index is 13.9. The zero-order valence-corrected chi connectivity index (χ0v) is 17.9. The Labute approximate surface area is 186 Å². The molecule has 1 N–H and O–H groups in total. The van der Waals surface area contributed by atoms with Crippen molar-refractivity contribution in [3.63, 3.8) is 0 Å². The maximum atomic E-state index is 13.9. The van der Waals surface area contributed by atoms with E-state index in [0.29, 0.717) is 17.0 Å². The van der Waals surface area contributed by atoms with Gasteiger partial charge in [0.05, 0.1) is 10.7 Å². The standard InChI is InChI=1S/C23H15BrClFN2O2/c24-15-6-4-14(5-7-15)18-11-27-13-28-23(18)17-9-8-16(10-22(17)29)30-12-19-20(25)2-1-3-21(19)26/h1-11,13,29H,12H2. The van der Waals surface area contributed by atoms with E-state index in [2.05, 4.69) is 25.9 Å². The molecule has 0 fully saturated rings. The Morgan fingerprint density at radius 1 is 1.03 bits per heavy atom. The number of hydrogen-bond donors (Lipinski definition) is 1. The Balaban J connectivity index is 1.62. The topological polar surface area (TPSA) is 55.2 Å². The Morgan fingerprint density at radius 3 is 2.57 bits per heavy atom. The molecule has 0 amide bonds. The Morgan fingerprint density at radius 2 is 1.83 bits per heavy atom. The summed E-state index contributed by atoms with van der Waals surface area (Å²) in [6.45, 7) is -0.0536. The van der Waals surface area contributed by atoms with Crippen LogP contribution >= 0.6 is 27.5 Å². The lowest BCUT2D eigenvalue weighted by atomic mass is 10.0. The van der Waals surface area contributed by atoms with Crippen molar-refractivity contribution >= 4 is 27.5 Å². The van der Waals surface area contributed by atoms with E-state index in [0.717, 1.165) is 15.6 Å². The number of phenols is 1. The van der Waals surface area contributed by atoms with Gasteiger partial charge in [-0.2, -0.15) is 0 Å². The van der Waals surface area contributed by atoms with Crippen molar-refractivity contribution in [2.45, 2.75) is 6.61 Å². The average Bonchev–Trinajstić information content (AvgIpc) is 2.74. The van der Waals surface area contributed by atoms with Crippen LogP contribution in [0.2, 0.25) is 5.02 Å². The van der Waals surface area contributed by atoms with Crippen LogP contribution in [0.4, 0.5) is 4.39 Å². The van der Waals surface area contributed by atoms with Gasteiger partial charge in [-0.1, -0.05) is 45.7 Å². The summed E-state index contributed by atoms with van der Waals surface area (Å²) in [5, 5.41) is 10.9. The first-order chi connectivity index (χ1) is 14.5. The number of ether oxygens (including phenoxy) is 1. The number of nitrogens with zero attached hydrogens (tertiary/aromatic N) is 2. The van der Waals surface area contributed by atoms with Gasteiger partial charge in [0.25, 0.3) is 0 Å². The lowest BCUT2D eigenvalue weighted by Gasteiger charge is -2.12. The Bertz CT molecular complexity index is 1180. The quantitative estimate of drug-likeness (QED) is 0.344. The summed E-state index contributed by atoms with van der Waals surface area (Å²) in [6, 6.07) is 17.1. The maximum Gasteiger partial charge on any atom is 0.131 e. The van der Waals surface area contributed by atoms with Crippen molar-refractivity contribution in [3.8, 4) is 33.9 Å². The predicted molar refractivity (Wildman–Crippen MR) is 118 cm³/mol. The molecule has 0 unspecified atom stereocenters. The molecule has 0 atom stereocenters. The van der Waals surface area contributed by atoms with Crippen LogP contribution < -0.4 is 4.74 Å². The van der Waals surface area contributed by atoms with Crippen LogP contribution in [0.3, 0.4) is 0 Å². The SMILES string of the molecule is Oc1cc(OCc2c(F)cccc2Cl)ccc1-c1ncncc1-c1ccc(Br)cc1. The van der Waals surface area contributed by atoms with Crippen molar-refractivity contribution in [2.24, 2.45) is 0 Å². The fourth-order valence-electron chi connectivity index (χ4n) is 3.01. The second kappa shape index (κ2) is 8.81. The highest BCUT2D eigenvalue weighted by atomic mass is 79.9. The minimum atomic E-state index is -0.441. The third-order valence-electron chi connectivity index (χ3n) is 4.54. The smallest absolute Gasteiger partial charge is 0.131 e. The van der Waals surface area contributed by atoms with E-state index in [-0.39, 0.29) is 22.9 Å². The van der Waals surface area contributed by atoms with Gasteiger partial charge in [-0.15, -0.1) is 0 Å². The van der Waals surface area contributed by atoms with E-state index in [9.17, 15) is 9.50 Å². The van der Waals surface area contributed by atoms with Gasteiger partial charge in [-0.3, -0.25) is 0 Å². The summed E-state index contributed by atoms with van der Waals surface area (Å²) in [5.41, 5.74) is 3.09. The molecule has 0 bridgehead atoms. The van der Waals surface area contributed by atoms with E-state index in [1.165, 1.54) is 24.5 Å². The van der Waals surface area contributed by atoms with Crippen molar-refractivity contribution in [1.82, 2.24) is 9.97 Å². The fraction of sp³-hybridized carbons (Fsp3) is 0.0435. The van der Waals surface area contributed by atoms with Crippen LogP contribution in [-0.4, -0.2) is 15.1 Å². The van der Waals surface area contributed by atoms with E-state index >= 15 is 0 Å². The second-order valence-corrected chi connectivity index (χ2v) is 7.78. The average molecular weight is 486 g/mol. The first kappa shape index (κ1) is 20.3. The van der Waals surface area contributed by atoms with Crippen LogP contribution in [0, 0.1) is 5.82 Å². The van der Waals surface area contributed by atoms with E-state index in [1.54, 1.807) is 24.4 Å². The van der Waals surface area contributed by atoms with Crippen LogP contribution in [-0.2, 0) is 6.61 Å². The third kappa shape index (κ3) is 4.30. The molecule has 0 spiro atoms. The monoisotopic (exact) mass is 484 g/mol. The fourth-order valence-corrected chi connectivity index (χ4v) is 3.49. The molecule has 3 aromatic carbocycles. The lowest BCUT2D eigenvalue weighted by molar-refractivity contribution is 0.298. The van der Waals surface area contributed by atoms with Crippen LogP contribution in [0.1, 0.15) is 5.56 Å². The number of phenolic OH excluding ortho intramolecular Hbond substituents is 1. The number of aromatic nitrogens is 2. The van der Waals surface area contributed by atoms with Gasteiger partial charge in [-0.25, -0.2) is 14.4 Å². The molecule has 1 aromatic heterocycles. The minimum absolute atomic E-state index is 0.0100. The third-order valence-corrected chi connectivity index (χ3v) is 5.42. The summed E-state index contributed by atoms with van der Waals surface area (Å²) in [4.78, 5) is 8.48. The summed E-state index contributed by atoms with van der Waals surface area (Å²) < 4.78 is 20.5. The summed E-state index contributed by atoms with van der Waals surface area (Å²) >= 11 is 9.46. The number of hydrogen-bond acceptors (Lipinski definition) is 4. The van der Waals surface area contributed by atoms with Gasteiger partial charge < -0.3 is 9.84 Å². The first-order valence-electron chi connectivity index (χ1n) is 8.98. The van der Waals surface area contributed by atoms with Gasteiger partial charge in [-0.05, 0) is 42.0 Å². The minimum Gasteiger partial charge on any atom is -0.507 e. The summed E-state index contributed by atoms with van der Waals surface area (Å²) in [7, 11) is 0. The van der Waals surface area contributed by atoms with Gasteiger partial charge in [0.15, 0.2) is 0 Å². The number of rotatable bonds is 5.